The molecule has 2 aromatic rings. The van der Waals surface area contributed by atoms with Gasteiger partial charge in [0, 0.05) is 26.5 Å². The minimum atomic E-state index is -0.717. The molecule has 0 fully saturated rings. The van der Waals surface area contributed by atoms with Crippen LogP contribution in [0.4, 0.5) is 17.7 Å². The van der Waals surface area contributed by atoms with Crippen LogP contribution < -0.4 is 16.4 Å². The number of nitrogen functional groups attached to an aromatic ring is 2. The first kappa shape index (κ1) is 14.4. The lowest BCUT2D eigenvalue weighted by atomic mass is 10.4. The van der Waals surface area contributed by atoms with Crippen molar-refractivity contribution in [3.63, 3.8) is 0 Å². The Morgan fingerprint density at radius 1 is 1.19 bits per heavy atom. The number of esters is 1. The molecule has 21 heavy (non-hydrogen) atoms. The summed E-state index contributed by atoms with van der Waals surface area (Å²) in [6, 6.07) is 0. The number of carbonyl (C=O) groups excluding carboxylic acids is 1. The summed E-state index contributed by atoms with van der Waals surface area (Å²) in [6.45, 7) is -0.178. The van der Waals surface area contributed by atoms with Crippen LogP contribution in [-0.4, -0.2) is 45.0 Å². The van der Waals surface area contributed by atoms with E-state index in [0.717, 1.165) is 0 Å². The molecule has 0 saturated heterocycles. The highest BCUT2D eigenvalue weighted by molar-refractivity contribution is 5.91. The molecular formula is C11H14N8O2. The number of nitrogens with two attached hydrogens (primary N) is 2. The molecule has 0 saturated carbocycles. The molecule has 0 aliphatic heterocycles. The van der Waals surface area contributed by atoms with Gasteiger partial charge in [-0.1, -0.05) is 0 Å². The summed E-state index contributed by atoms with van der Waals surface area (Å²) in [5.41, 5.74) is 11.0. The molecule has 0 radical (unpaired) electrons. The summed E-state index contributed by atoms with van der Waals surface area (Å²) in [5.74, 6) is -0.0917. The van der Waals surface area contributed by atoms with Crippen LogP contribution in [-0.2, 0) is 11.3 Å². The fourth-order valence-electron chi connectivity index (χ4n) is 1.39. The van der Waals surface area contributed by atoms with Crippen molar-refractivity contribution < 1.29 is 9.53 Å². The Balaban J connectivity index is 2.10. The zero-order valence-corrected chi connectivity index (χ0v) is 11.5. The SMILES string of the molecule is CN(C)c1nc(N)nc(COC(=O)c2nccnc2N)n1. The van der Waals surface area contributed by atoms with E-state index in [2.05, 4.69) is 24.9 Å². The van der Waals surface area contributed by atoms with Gasteiger partial charge in [0.05, 0.1) is 0 Å². The summed E-state index contributed by atoms with van der Waals surface area (Å²) >= 11 is 0. The third kappa shape index (κ3) is 3.49. The number of ether oxygens (including phenoxy) is 1. The summed E-state index contributed by atoms with van der Waals surface area (Å²) < 4.78 is 5.04. The molecule has 0 spiro atoms. The van der Waals surface area contributed by atoms with Crippen molar-refractivity contribution in [1.82, 2.24) is 24.9 Å². The molecule has 2 rings (SSSR count). The predicted molar refractivity (Wildman–Crippen MR) is 74.1 cm³/mol. The molecule has 2 heterocycles. The van der Waals surface area contributed by atoms with E-state index < -0.39 is 5.97 Å². The van der Waals surface area contributed by atoms with Gasteiger partial charge in [0.1, 0.15) is 0 Å². The smallest absolute Gasteiger partial charge is 0.361 e. The molecule has 2 aromatic heterocycles. The van der Waals surface area contributed by atoms with Gasteiger partial charge in [-0.15, -0.1) is 0 Å². The van der Waals surface area contributed by atoms with Crippen molar-refractivity contribution in [3.05, 3.63) is 23.9 Å². The summed E-state index contributed by atoms with van der Waals surface area (Å²) in [4.78, 5) is 33.0. The summed E-state index contributed by atoms with van der Waals surface area (Å²) in [5, 5.41) is 0. The number of aromatic nitrogens is 5. The van der Waals surface area contributed by atoms with Crippen LogP contribution in [0.15, 0.2) is 12.4 Å². The van der Waals surface area contributed by atoms with Crippen LogP contribution in [0.25, 0.3) is 0 Å². The van der Waals surface area contributed by atoms with Crippen LogP contribution in [0.5, 0.6) is 0 Å². The monoisotopic (exact) mass is 290 g/mol. The highest BCUT2D eigenvalue weighted by atomic mass is 16.5. The second-order valence-electron chi connectivity index (χ2n) is 4.17. The Labute approximate surface area is 120 Å². The van der Waals surface area contributed by atoms with Crippen LogP contribution in [0, 0.1) is 0 Å². The van der Waals surface area contributed by atoms with Crippen LogP contribution in [0.1, 0.15) is 16.3 Å². The van der Waals surface area contributed by atoms with Crippen molar-refractivity contribution in [2.45, 2.75) is 6.61 Å². The van der Waals surface area contributed by atoms with Crippen molar-refractivity contribution in [2.75, 3.05) is 30.5 Å². The Morgan fingerprint density at radius 3 is 2.57 bits per heavy atom. The number of carbonyl (C=O) groups is 1. The molecular weight excluding hydrogens is 276 g/mol. The first-order chi connectivity index (χ1) is 9.97. The second-order valence-corrected chi connectivity index (χ2v) is 4.17. The largest absolute Gasteiger partial charge is 0.453 e. The van der Waals surface area contributed by atoms with Crippen molar-refractivity contribution in [3.8, 4) is 0 Å². The summed E-state index contributed by atoms with van der Waals surface area (Å²) in [7, 11) is 3.51. The van der Waals surface area contributed by atoms with E-state index in [4.69, 9.17) is 16.2 Å². The van der Waals surface area contributed by atoms with Gasteiger partial charge < -0.3 is 21.1 Å². The first-order valence-electron chi connectivity index (χ1n) is 5.88. The van der Waals surface area contributed by atoms with E-state index in [1.165, 1.54) is 12.4 Å². The van der Waals surface area contributed by atoms with Gasteiger partial charge in [-0.2, -0.15) is 15.0 Å². The Hall–Kier alpha value is -3.04. The number of hydrogen-bond acceptors (Lipinski definition) is 10. The van der Waals surface area contributed by atoms with Crippen LogP contribution in [0.3, 0.4) is 0 Å². The minimum Gasteiger partial charge on any atom is -0.453 e. The van der Waals surface area contributed by atoms with Crippen molar-refractivity contribution in [2.24, 2.45) is 0 Å². The molecule has 0 aliphatic rings. The molecule has 0 atom stereocenters. The van der Waals surface area contributed by atoms with E-state index in [9.17, 15) is 4.79 Å². The number of rotatable bonds is 4. The maximum absolute atomic E-state index is 11.8. The van der Waals surface area contributed by atoms with Gasteiger partial charge in [-0.25, -0.2) is 14.8 Å². The Morgan fingerprint density at radius 2 is 1.90 bits per heavy atom. The lowest BCUT2D eigenvalue weighted by Gasteiger charge is -2.11. The average molecular weight is 290 g/mol. The van der Waals surface area contributed by atoms with E-state index in [0.29, 0.717) is 5.95 Å². The maximum atomic E-state index is 11.8. The van der Waals surface area contributed by atoms with E-state index >= 15 is 0 Å². The van der Waals surface area contributed by atoms with Crippen molar-refractivity contribution >= 4 is 23.7 Å². The predicted octanol–water partition coefficient (Wildman–Crippen LogP) is -0.751. The van der Waals surface area contributed by atoms with E-state index in [-0.39, 0.29) is 29.9 Å². The Bertz CT molecular complexity index is 660. The number of anilines is 3. The highest BCUT2D eigenvalue weighted by Crippen LogP contribution is 2.09. The average Bonchev–Trinajstić information content (AvgIpc) is 2.44. The van der Waals surface area contributed by atoms with Gasteiger partial charge in [0.2, 0.25) is 11.9 Å². The van der Waals surface area contributed by atoms with Crippen LogP contribution >= 0.6 is 0 Å². The number of hydrogen-bond donors (Lipinski definition) is 2. The topological polar surface area (TPSA) is 146 Å². The van der Waals surface area contributed by atoms with E-state index in [1.54, 1.807) is 19.0 Å². The first-order valence-corrected chi connectivity index (χ1v) is 5.88. The highest BCUT2D eigenvalue weighted by Gasteiger charge is 2.15. The molecule has 0 aromatic carbocycles. The standard InChI is InChI=1S/C11H14N8O2/c1-19(2)11-17-6(16-10(13)18-11)5-21-9(20)7-8(12)15-4-3-14-7/h3-4H,5H2,1-2H3,(H2,12,15)(H2,13,16,17,18). The van der Waals surface area contributed by atoms with E-state index in [1.807, 2.05) is 0 Å². The van der Waals surface area contributed by atoms with Crippen LogP contribution in [0.2, 0.25) is 0 Å². The Kier molecular flexibility index (Phi) is 4.07. The molecule has 10 nitrogen and oxygen atoms in total. The fourth-order valence-corrected chi connectivity index (χ4v) is 1.39. The molecule has 110 valence electrons. The fraction of sp³-hybridized carbons (Fsp3) is 0.273. The number of nitrogens with zero attached hydrogens (tertiary/aromatic N) is 6. The molecule has 0 unspecified atom stereocenters. The molecule has 10 heteroatoms. The third-order valence-electron chi connectivity index (χ3n) is 2.34. The van der Waals surface area contributed by atoms with Crippen molar-refractivity contribution in [1.29, 1.82) is 0 Å². The zero-order chi connectivity index (χ0) is 15.4. The van der Waals surface area contributed by atoms with Gasteiger partial charge in [-0.05, 0) is 0 Å². The van der Waals surface area contributed by atoms with Gasteiger partial charge >= 0.3 is 5.97 Å². The van der Waals surface area contributed by atoms with Gasteiger partial charge in [0.15, 0.2) is 23.9 Å². The quantitative estimate of drug-likeness (QED) is 0.689. The zero-order valence-electron chi connectivity index (χ0n) is 11.5. The molecule has 4 N–H and O–H groups in total. The lowest BCUT2D eigenvalue weighted by molar-refractivity contribution is 0.0456. The third-order valence-corrected chi connectivity index (χ3v) is 2.34. The minimum absolute atomic E-state index is 0.00774. The molecule has 0 aliphatic carbocycles. The molecule has 0 amide bonds. The van der Waals surface area contributed by atoms with Gasteiger partial charge in [-0.3, -0.25) is 0 Å². The maximum Gasteiger partial charge on any atom is 0.361 e. The van der Waals surface area contributed by atoms with Gasteiger partial charge in [0.25, 0.3) is 0 Å². The lowest BCUT2D eigenvalue weighted by Crippen LogP contribution is -2.17. The second kappa shape index (κ2) is 5.94. The molecule has 0 bridgehead atoms. The normalized spacial score (nSPS) is 10.2. The summed E-state index contributed by atoms with van der Waals surface area (Å²) in [6.07, 6.45) is 2.72.